The van der Waals surface area contributed by atoms with Crippen LogP contribution in [0.5, 0.6) is 11.5 Å². The Morgan fingerprint density at radius 3 is 2.47 bits per heavy atom. The molecule has 1 unspecified atom stereocenters. The average Bonchev–Trinajstić information content (AvgIpc) is 2.75. The third kappa shape index (κ3) is 5.45. The van der Waals surface area contributed by atoms with Crippen LogP contribution in [0.15, 0.2) is 60.7 Å². The van der Waals surface area contributed by atoms with Gasteiger partial charge in [-0.1, -0.05) is 19.1 Å². The van der Waals surface area contributed by atoms with Gasteiger partial charge in [-0.3, -0.25) is 9.78 Å². The number of pyridine rings is 1. The van der Waals surface area contributed by atoms with E-state index < -0.39 is 0 Å². The van der Waals surface area contributed by atoms with Gasteiger partial charge in [-0.2, -0.15) is 0 Å². The molecule has 1 heterocycles. The number of ether oxygens (including phenoxy) is 2. The quantitative estimate of drug-likeness (QED) is 0.493. The van der Waals surface area contributed by atoms with Gasteiger partial charge >= 0.3 is 0 Å². The summed E-state index contributed by atoms with van der Waals surface area (Å²) in [5.41, 5.74) is 3.95. The fraction of sp³-hybridized carbons (Fsp3) is 0.280. The van der Waals surface area contributed by atoms with Crippen molar-refractivity contribution in [3.8, 4) is 11.5 Å². The zero-order valence-corrected chi connectivity index (χ0v) is 17.9. The number of carbonyl (C=O) groups excluding carboxylic acids is 1. The number of aromatic nitrogens is 1. The van der Waals surface area contributed by atoms with Crippen LogP contribution in [-0.4, -0.2) is 17.5 Å². The van der Waals surface area contributed by atoms with Crippen LogP contribution < -0.4 is 10.1 Å². The highest BCUT2D eigenvalue weighted by atomic mass is 16.5. The minimum absolute atomic E-state index is 0.101. The Morgan fingerprint density at radius 1 is 1.03 bits per heavy atom. The highest BCUT2D eigenvalue weighted by molar-refractivity contribution is 6.05. The fourth-order valence-corrected chi connectivity index (χ4v) is 3.15. The Balaban J connectivity index is 1.65. The zero-order valence-electron chi connectivity index (χ0n) is 17.9. The number of amides is 1. The first-order valence-corrected chi connectivity index (χ1v) is 10.3. The predicted molar refractivity (Wildman–Crippen MR) is 119 cm³/mol. The van der Waals surface area contributed by atoms with Crippen molar-refractivity contribution in [1.82, 2.24) is 4.98 Å². The number of rotatable bonds is 8. The summed E-state index contributed by atoms with van der Waals surface area (Å²) >= 11 is 0. The summed E-state index contributed by atoms with van der Waals surface area (Å²) in [6, 6.07) is 19.0. The van der Waals surface area contributed by atoms with Crippen LogP contribution in [-0.2, 0) is 11.2 Å². The SMILES string of the molecule is CCOC(C)c1ccc(C(=O)Nc2ccc(Oc3cccc(CC)c3)cc2)c(C)n1. The first kappa shape index (κ1) is 21.5. The third-order valence-corrected chi connectivity index (χ3v) is 4.84. The Hall–Kier alpha value is -3.18. The van der Waals surface area contributed by atoms with Crippen LogP contribution in [0.2, 0.25) is 0 Å². The Bertz CT molecular complexity index is 1000. The average molecular weight is 405 g/mol. The van der Waals surface area contributed by atoms with E-state index in [1.807, 2.05) is 69.3 Å². The Labute approximate surface area is 178 Å². The maximum Gasteiger partial charge on any atom is 0.257 e. The molecule has 0 aliphatic heterocycles. The molecule has 0 aliphatic carbocycles. The number of carbonyl (C=O) groups is 1. The second-order valence-corrected chi connectivity index (χ2v) is 7.05. The number of hydrogen-bond acceptors (Lipinski definition) is 4. The lowest BCUT2D eigenvalue weighted by Crippen LogP contribution is -2.15. The van der Waals surface area contributed by atoms with E-state index in [1.165, 1.54) is 5.56 Å². The van der Waals surface area contributed by atoms with Crippen LogP contribution in [0.25, 0.3) is 0 Å². The minimum atomic E-state index is -0.195. The van der Waals surface area contributed by atoms with Gasteiger partial charge in [0.05, 0.1) is 23.1 Å². The topological polar surface area (TPSA) is 60.5 Å². The van der Waals surface area contributed by atoms with Crippen molar-refractivity contribution in [2.75, 3.05) is 11.9 Å². The molecule has 0 spiro atoms. The first-order valence-electron chi connectivity index (χ1n) is 10.3. The van der Waals surface area contributed by atoms with E-state index in [0.717, 1.165) is 17.9 Å². The smallest absolute Gasteiger partial charge is 0.257 e. The lowest BCUT2D eigenvalue weighted by atomic mass is 10.1. The molecule has 0 bridgehead atoms. The van der Waals surface area contributed by atoms with E-state index in [2.05, 4.69) is 23.3 Å². The zero-order chi connectivity index (χ0) is 21.5. The number of anilines is 1. The van der Waals surface area contributed by atoms with E-state index in [0.29, 0.717) is 29.3 Å². The highest BCUT2D eigenvalue weighted by Gasteiger charge is 2.14. The molecule has 3 rings (SSSR count). The molecule has 0 saturated carbocycles. The van der Waals surface area contributed by atoms with E-state index in [1.54, 1.807) is 6.07 Å². The summed E-state index contributed by atoms with van der Waals surface area (Å²) in [6.45, 7) is 8.46. The first-order chi connectivity index (χ1) is 14.5. The molecule has 0 radical (unpaired) electrons. The predicted octanol–water partition coefficient (Wildman–Crippen LogP) is 6.09. The van der Waals surface area contributed by atoms with Crippen LogP contribution in [0.4, 0.5) is 5.69 Å². The molecule has 1 aromatic heterocycles. The van der Waals surface area contributed by atoms with Gasteiger partial charge in [-0.15, -0.1) is 0 Å². The van der Waals surface area contributed by atoms with Crippen molar-refractivity contribution < 1.29 is 14.3 Å². The monoisotopic (exact) mass is 404 g/mol. The Kier molecular flexibility index (Phi) is 7.20. The molecule has 5 nitrogen and oxygen atoms in total. The molecule has 30 heavy (non-hydrogen) atoms. The summed E-state index contributed by atoms with van der Waals surface area (Å²) in [6.07, 6.45) is 0.860. The summed E-state index contributed by atoms with van der Waals surface area (Å²) in [5, 5.41) is 2.92. The second-order valence-electron chi connectivity index (χ2n) is 7.05. The lowest BCUT2D eigenvalue weighted by Gasteiger charge is -2.13. The van der Waals surface area contributed by atoms with Gasteiger partial charge in [0, 0.05) is 12.3 Å². The third-order valence-electron chi connectivity index (χ3n) is 4.84. The van der Waals surface area contributed by atoms with Crippen LogP contribution in [0, 0.1) is 6.92 Å². The molecule has 156 valence electrons. The van der Waals surface area contributed by atoms with Crippen molar-refractivity contribution in [3.05, 3.63) is 83.2 Å². The van der Waals surface area contributed by atoms with Crippen LogP contribution in [0.3, 0.4) is 0 Å². The molecule has 1 amide bonds. The van der Waals surface area contributed by atoms with Crippen molar-refractivity contribution in [2.24, 2.45) is 0 Å². The molecule has 5 heteroatoms. The standard InChI is InChI=1S/C25H28N2O3/c1-5-19-8-7-9-22(16-19)30-21-12-10-20(11-13-21)27-25(28)23-14-15-24(26-17(23)3)18(4)29-6-2/h7-16,18H,5-6H2,1-4H3,(H,27,28). The van der Waals surface area contributed by atoms with Crippen molar-refractivity contribution in [3.63, 3.8) is 0 Å². The number of hydrogen-bond donors (Lipinski definition) is 1. The van der Waals surface area contributed by atoms with Gasteiger partial charge < -0.3 is 14.8 Å². The summed E-state index contributed by atoms with van der Waals surface area (Å²) < 4.78 is 11.5. The summed E-state index contributed by atoms with van der Waals surface area (Å²) in [4.78, 5) is 17.2. The van der Waals surface area contributed by atoms with E-state index in [9.17, 15) is 4.79 Å². The number of benzene rings is 2. The van der Waals surface area contributed by atoms with Crippen molar-refractivity contribution in [2.45, 2.75) is 40.2 Å². The molecule has 2 aromatic carbocycles. The van der Waals surface area contributed by atoms with E-state index in [-0.39, 0.29) is 12.0 Å². The number of aryl methyl sites for hydroxylation is 2. The van der Waals surface area contributed by atoms with Gasteiger partial charge in [-0.25, -0.2) is 0 Å². The van der Waals surface area contributed by atoms with Gasteiger partial charge in [0.1, 0.15) is 11.5 Å². The Morgan fingerprint density at radius 2 is 1.80 bits per heavy atom. The highest BCUT2D eigenvalue weighted by Crippen LogP contribution is 2.24. The maximum atomic E-state index is 12.7. The van der Waals surface area contributed by atoms with Crippen LogP contribution in [0.1, 0.15) is 54.2 Å². The number of nitrogens with zero attached hydrogens (tertiary/aromatic N) is 1. The molecule has 3 aromatic rings. The van der Waals surface area contributed by atoms with E-state index in [4.69, 9.17) is 9.47 Å². The van der Waals surface area contributed by atoms with Crippen LogP contribution >= 0.6 is 0 Å². The fourth-order valence-electron chi connectivity index (χ4n) is 3.15. The van der Waals surface area contributed by atoms with Gasteiger partial charge in [0.15, 0.2) is 0 Å². The van der Waals surface area contributed by atoms with Gasteiger partial charge in [0.25, 0.3) is 5.91 Å². The second kappa shape index (κ2) is 10.0. The molecule has 0 fully saturated rings. The van der Waals surface area contributed by atoms with Gasteiger partial charge in [0.2, 0.25) is 0 Å². The maximum absolute atomic E-state index is 12.7. The largest absolute Gasteiger partial charge is 0.457 e. The summed E-state index contributed by atoms with van der Waals surface area (Å²) in [7, 11) is 0. The summed E-state index contributed by atoms with van der Waals surface area (Å²) in [5.74, 6) is 1.32. The number of nitrogens with one attached hydrogen (secondary N) is 1. The lowest BCUT2D eigenvalue weighted by molar-refractivity contribution is 0.0732. The van der Waals surface area contributed by atoms with E-state index >= 15 is 0 Å². The normalized spacial score (nSPS) is 11.7. The molecule has 1 N–H and O–H groups in total. The molecular weight excluding hydrogens is 376 g/mol. The molecule has 0 saturated heterocycles. The molecule has 1 atom stereocenters. The molecular formula is C25H28N2O3. The minimum Gasteiger partial charge on any atom is -0.457 e. The van der Waals surface area contributed by atoms with Crippen molar-refractivity contribution in [1.29, 1.82) is 0 Å². The van der Waals surface area contributed by atoms with Crippen molar-refractivity contribution >= 4 is 11.6 Å². The molecule has 0 aliphatic rings. The van der Waals surface area contributed by atoms with Gasteiger partial charge in [-0.05, 0) is 81.3 Å².